The van der Waals surface area contributed by atoms with E-state index in [0.29, 0.717) is 53.8 Å². The summed E-state index contributed by atoms with van der Waals surface area (Å²) in [5.41, 5.74) is 1.23. The van der Waals surface area contributed by atoms with Crippen LogP contribution in [0.2, 0.25) is 0 Å². The van der Waals surface area contributed by atoms with Crippen LogP contribution in [-0.2, 0) is 13.6 Å². The minimum Gasteiger partial charge on any atom is -0.508 e. The van der Waals surface area contributed by atoms with Gasteiger partial charge in [-0.1, -0.05) is 0 Å². The zero-order chi connectivity index (χ0) is 20.3. The Kier molecular flexibility index (Phi) is 5.55. The van der Waals surface area contributed by atoms with Crippen molar-refractivity contribution in [2.24, 2.45) is 7.05 Å². The maximum absolute atomic E-state index is 10.1. The number of aromatic nitrogens is 4. The van der Waals surface area contributed by atoms with Crippen LogP contribution >= 0.6 is 0 Å². The van der Waals surface area contributed by atoms with Crippen molar-refractivity contribution in [3.05, 3.63) is 30.1 Å². The fourth-order valence-corrected chi connectivity index (χ4v) is 2.70. The molecule has 0 atom stereocenters. The molecule has 0 saturated carbocycles. The summed E-state index contributed by atoms with van der Waals surface area (Å²) in [5, 5.41) is 26.3. The summed E-state index contributed by atoms with van der Waals surface area (Å²) in [5.74, 6) is 1.83. The lowest BCUT2D eigenvalue weighted by molar-refractivity contribution is 0.0748. The molecule has 0 fully saturated rings. The number of nitrogens with one attached hydrogen (secondary N) is 2. The quantitative estimate of drug-likeness (QED) is 0.466. The van der Waals surface area contributed by atoms with Crippen LogP contribution in [-0.4, -0.2) is 49.0 Å². The maximum atomic E-state index is 10.1. The number of imidazole rings is 1. The molecule has 2 aromatic heterocycles. The van der Waals surface area contributed by atoms with E-state index in [1.54, 1.807) is 45.5 Å². The van der Waals surface area contributed by atoms with Crippen molar-refractivity contribution in [1.29, 1.82) is 0 Å². The predicted octanol–water partition coefficient (Wildman–Crippen LogP) is 2.26. The molecule has 2 heterocycles. The zero-order valence-electron chi connectivity index (χ0n) is 16.5. The minimum absolute atomic E-state index is 0.170. The standard InChI is InChI=1S/C19H26N6O3/c1-19(2,27)7-8-20-18-23-16(15-17(24-18)25(3)11-22-15)21-10-12-9-13(28-4)5-6-14(12)26/h5-6,9,11,26-27H,7-8,10H2,1-4H3,(H2,20,21,23,24). The van der Waals surface area contributed by atoms with Gasteiger partial charge in [0.15, 0.2) is 17.0 Å². The molecule has 1 aromatic carbocycles. The van der Waals surface area contributed by atoms with E-state index in [2.05, 4.69) is 25.6 Å². The number of aromatic hydroxyl groups is 1. The molecule has 0 saturated heterocycles. The van der Waals surface area contributed by atoms with Crippen LogP contribution in [0.1, 0.15) is 25.8 Å². The number of phenolic OH excluding ortho intramolecular Hbond substituents is 1. The Labute approximate surface area is 163 Å². The number of ether oxygens (including phenoxy) is 1. The number of methoxy groups -OCH3 is 1. The van der Waals surface area contributed by atoms with Crippen molar-refractivity contribution >= 4 is 22.9 Å². The largest absolute Gasteiger partial charge is 0.508 e. The summed E-state index contributed by atoms with van der Waals surface area (Å²) in [4.78, 5) is 13.4. The van der Waals surface area contributed by atoms with E-state index >= 15 is 0 Å². The van der Waals surface area contributed by atoms with Gasteiger partial charge < -0.3 is 30.2 Å². The molecule has 0 aliphatic carbocycles. The van der Waals surface area contributed by atoms with Crippen molar-refractivity contribution in [2.45, 2.75) is 32.4 Å². The molecule has 0 amide bonds. The van der Waals surface area contributed by atoms with Crippen molar-refractivity contribution in [2.75, 3.05) is 24.3 Å². The lowest BCUT2D eigenvalue weighted by Gasteiger charge is -2.17. The summed E-state index contributed by atoms with van der Waals surface area (Å²) in [6.07, 6.45) is 2.23. The fraction of sp³-hybridized carbons (Fsp3) is 0.421. The summed E-state index contributed by atoms with van der Waals surface area (Å²) in [6.45, 7) is 4.39. The van der Waals surface area contributed by atoms with Gasteiger partial charge in [0.2, 0.25) is 5.95 Å². The van der Waals surface area contributed by atoms with E-state index in [1.807, 2.05) is 11.6 Å². The van der Waals surface area contributed by atoms with Crippen LogP contribution in [0.15, 0.2) is 24.5 Å². The fourth-order valence-electron chi connectivity index (χ4n) is 2.70. The maximum Gasteiger partial charge on any atom is 0.226 e. The van der Waals surface area contributed by atoms with E-state index in [0.717, 1.165) is 0 Å². The summed E-state index contributed by atoms with van der Waals surface area (Å²) >= 11 is 0. The van der Waals surface area contributed by atoms with Gasteiger partial charge in [-0.2, -0.15) is 9.97 Å². The highest BCUT2D eigenvalue weighted by molar-refractivity contribution is 5.84. The molecule has 0 aliphatic rings. The third-order valence-electron chi connectivity index (χ3n) is 4.31. The summed E-state index contributed by atoms with van der Waals surface area (Å²) in [6, 6.07) is 5.06. The molecular weight excluding hydrogens is 360 g/mol. The number of hydrogen-bond donors (Lipinski definition) is 4. The molecule has 0 unspecified atom stereocenters. The van der Waals surface area contributed by atoms with Crippen LogP contribution in [0.25, 0.3) is 11.2 Å². The first-order valence-corrected chi connectivity index (χ1v) is 9.02. The summed E-state index contributed by atoms with van der Waals surface area (Å²) in [7, 11) is 3.44. The van der Waals surface area contributed by atoms with Crippen LogP contribution in [0.4, 0.5) is 11.8 Å². The highest BCUT2D eigenvalue weighted by Crippen LogP contribution is 2.25. The molecule has 150 valence electrons. The highest BCUT2D eigenvalue weighted by Gasteiger charge is 2.15. The molecule has 4 N–H and O–H groups in total. The van der Waals surface area contributed by atoms with Crippen LogP contribution in [0.5, 0.6) is 11.5 Å². The normalized spacial score (nSPS) is 11.6. The van der Waals surface area contributed by atoms with Gasteiger partial charge in [0.05, 0.1) is 19.0 Å². The van der Waals surface area contributed by atoms with Gasteiger partial charge in [0.1, 0.15) is 11.5 Å². The summed E-state index contributed by atoms with van der Waals surface area (Å²) < 4.78 is 7.03. The SMILES string of the molecule is COc1ccc(O)c(CNc2nc(NCCC(C)(C)O)nc3c2ncn3C)c1. The van der Waals surface area contributed by atoms with Crippen LogP contribution in [0, 0.1) is 0 Å². The molecule has 9 nitrogen and oxygen atoms in total. The number of aryl methyl sites for hydroxylation is 1. The number of rotatable bonds is 8. The Hall–Kier alpha value is -3.07. The van der Waals surface area contributed by atoms with E-state index in [9.17, 15) is 10.2 Å². The number of aliphatic hydroxyl groups is 1. The average molecular weight is 386 g/mol. The lowest BCUT2D eigenvalue weighted by Crippen LogP contribution is -2.23. The number of phenols is 1. The number of nitrogens with zero attached hydrogens (tertiary/aromatic N) is 4. The van der Waals surface area contributed by atoms with E-state index in [4.69, 9.17) is 4.74 Å². The van der Waals surface area contributed by atoms with Gasteiger partial charge in [-0.05, 0) is 38.5 Å². The molecule has 0 spiro atoms. The van der Waals surface area contributed by atoms with Crippen LogP contribution < -0.4 is 15.4 Å². The van der Waals surface area contributed by atoms with E-state index in [1.165, 1.54) is 0 Å². The molecule has 0 bridgehead atoms. The predicted molar refractivity (Wildman–Crippen MR) is 108 cm³/mol. The molecule has 3 aromatic rings. The second-order valence-corrected chi connectivity index (χ2v) is 7.26. The Bertz CT molecular complexity index is 964. The second-order valence-electron chi connectivity index (χ2n) is 7.26. The number of fused-ring (bicyclic) bond motifs is 1. The third-order valence-corrected chi connectivity index (χ3v) is 4.31. The first-order valence-electron chi connectivity index (χ1n) is 9.02. The van der Waals surface area contributed by atoms with Crippen molar-refractivity contribution < 1.29 is 14.9 Å². The van der Waals surface area contributed by atoms with Gasteiger partial charge in [-0.25, -0.2) is 4.98 Å². The van der Waals surface area contributed by atoms with Crippen molar-refractivity contribution in [3.8, 4) is 11.5 Å². The van der Waals surface area contributed by atoms with Gasteiger partial charge in [-0.15, -0.1) is 0 Å². The third kappa shape index (κ3) is 4.61. The molecule has 9 heteroatoms. The Balaban J connectivity index is 1.83. The molecule has 0 aliphatic heterocycles. The minimum atomic E-state index is -0.769. The first-order chi connectivity index (χ1) is 13.3. The highest BCUT2D eigenvalue weighted by atomic mass is 16.5. The lowest BCUT2D eigenvalue weighted by atomic mass is 10.1. The monoisotopic (exact) mass is 386 g/mol. The van der Waals surface area contributed by atoms with Gasteiger partial charge in [0, 0.05) is 25.7 Å². The zero-order valence-corrected chi connectivity index (χ0v) is 16.5. The second kappa shape index (κ2) is 7.89. The van der Waals surface area contributed by atoms with Crippen molar-refractivity contribution in [1.82, 2.24) is 19.5 Å². The van der Waals surface area contributed by atoms with Gasteiger partial charge in [0.25, 0.3) is 0 Å². The smallest absolute Gasteiger partial charge is 0.226 e. The van der Waals surface area contributed by atoms with E-state index in [-0.39, 0.29) is 5.75 Å². The molecular formula is C19H26N6O3. The average Bonchev–Trinajstić information content (AvgIpc) is 3.01. The Morgan fingerprint density at radius 3 is 2.71 bits per heavy atom. The number of hydrogen-bond acceptors (Lipinski definition) is 8. The topological polar surface area (TPSA) is 117 Å². The van der Waals surface area contributed by atoms with Gasteiger partial charge >= 0.3 is 0 Å². The Morgan fingerprint density at radius 2 is 2.00 bits per heavy atom. The van der Waals surface area contributed by atoms with Gasteiger partial charge in [-0.3, -0.25) is 0 Å². The number of anilines is 2. The molecule has 28 heavy (non-hydrogen) atoms. The number of benzene rings is 1. The van der Waals surface area contributed by atoms with Crippen molar-refractivity contribution in [3.63, 3.8) is 0 Å². The first kappa shape index (κ1) is 19.7. The van der Waals surface area contributed by atoms with E-state index < -0.39 is 5.60 Å². The molecule has 3 rings (SSSR count). The Morgan fingerprint density at radius 1 is 1.21 bits per heavy atom. The van der Waals surface area contributed by atoms with Crippen LogP contribution in [0.3, 0.4) is 0 Å². The molecule has 0 radical (unpaired) electrons.